The number of carbonyl (C=O) groups excluding carboxylic acids is 2. The van der Waals surface area contributed by atoms with Gasteiger partial charge in [0, 0.05) is 18.5 Å². The van der Waals surface area contributed by atoms with E-state index in [0.29, 0.717) is 17.5 Å². The first kappa shape index (κ1) is 20.7. The van der Waals surface area contributed by atoms with Gasteiger partial charge in [-0.05, 0) is 17.0 Å². The van der Waals surface area contributed by atoms with Gasteiger partial charge in [-0.25, -0.2) is 0 Å². The van der Waals surface area contributed by atoms with E-state index in [2.05, 4.69) is 46.8 Å². The largest absolute Gasteiger partial charge is 0.355 e. The van der Waals surface area contributed by atoms with Crippen molar-refractivity contribution in [3.05, 3.63) is 65.7 Å². The molecule has 0 bridgehead atoms. The number of rotatable bonds is 8. The lowest BCUT2D eigenvalue weighted by atomic mass is 10.0. The van der Waals surface area contributed by atoms with Crippen LogP contribution in [-0.4, -0.2) is 28.6 Å². The minimum absolute atomic E-state index is 0.105. The third kappa shape index (κ3) is 6.22. The van der Waals surface area contributed by atoms with Crippen LogP contribution in [0.3, 0.4) is 0 Å². The highest BCUT2D eigenvalue weighted by Gasteiger charge is 2.11. The van der Waals surface area contributed by atoms with E-state index in [1.807, 2.05) is 42.5 Å². The second-order valence-corrected chi connectivity index (χ2v) is 7.98. The smallest absolute Gasteiger partial charge is 0.227 e. The molecule has 2 N–H and O–H groups in total. The summed E-state index contributed by atoms with van der Waals surface area (Å²) in [5.41, 5.74) is 3.18. The van der Waals surface area contributed by atoms with Crippen molar-refractivity contribution in [2.45, 2.75) is 32.6 Å². The number of nitrogens with zero attached hydrogens (tertiary/aromatic N) is 2. The van der Waals surface area contributed by atoms with Crippen molar-refractivity contribution in [3.63, 3.8) is 0 Å². The molecular weight excluding hydrogens is 384 g/mol. The molecule has 2 aromatic carbocycles. The number of amides is 2. The first-order valence-corrected chi connectivity index (χ1v) is 10.4. The van der Waals surface area contributed by atoms with Crippen molar-refractivity contribution in [1.29, 1.82) is 0 Å². The number of anilines is 1. The van der Waals surface area contributed by atoms with E-state index >= 15 is 0 Å². The van der Waals surface area contributed by atoms with Crippen LogP contribution in [0, 0.1) is 0 Å². The minimum Gasteiger partial charge on any atom is -0.355 e. The van der Waals surface area contributed by atoms with Gasteiger partial charge in [0.15, 0.2) is 0 Å². The number of nitrogens with one attached hydrogen (secondary N) is 2. The molecule has 0 aliphatic heterocycles. The zero-order valence-corrected chi connectivity index (χ0v) is 17.3. The number of hydrogen-bond acceptors (Lipinski definition) is 5. The van der Waals surface area contributed by atoms with Crippen LogP contribution in [0.25, 0.3) is 10.6 Å². The normalized spacial score (nSPS) is 10.7. The molecule has 6 nitrogen and oxygen atoms in total. The number of carbonyl (C=O) groups is 2. The molecule has 0 radical (unpaired) electrons. The van der Waals surface area contributed by atoms with Gasteiger partial charge in [-0.3, -0.25) is 9.59 Å². The van der Waals surface area contributed by atoms with Crippen molar-refractivity contribution in [2.75, 3.05) is 11.9 Å². The number of aromatic nitrogens is 2. The summed E-state index contributed by atoms with van der Waals surface area (Å²) in [4.78, 5) is 24.0. The fourth-order valence-electron chi connectivity index (χ4n) is 2.74. The lowest BCUT2D eigenvalue weighted by molar-refractivity contribution is -0.120. The third-order valence-electron chi connectivity index (χ3n) is 4.38. The molecule has 29 heavy (non-hydrogen) atoms. The van der Waals surface area contributed by atoms with Crippen LogP contribution in [0.4, 0.5) is 5.13 Å². The predicted octanol–water partition coefficient (Wildman–Crippen LogP) is 4.02. The van der Waals surface area contributed by atoms with Crippen LogP contribution in [0.15, 0.2) is 54.6 Å². The Balaban J connectivity index is 1.44. The van der Waals surface area contributed by atoms with Crippen molar-refractivity contribution in [2.24, 2.45) is 0 Å². The summed E-state index contributed by atoms with van der Waals surface area (Å²) in [5.74, 6) is 0.163. The molecule has 3 aromatic rings. The average Bonchev–Trinajstić information content (AvgIpc) is 3.17. The van der Waals surface area contributed by atoms with E-state index in [-0.39, 0.29) is 24.8 Å². The third-order valence-corrected chi connectivity index (χ3v) is 5.27. The van der Waals surface area contributed by atoms with Crippen LogP contribution in [0.5, 0.6) is 0 Å². The molecule has 7 heteroatoms. The quantitative estimate of drug-likeness (QED) is 0.590. The van der Waals surface area contributed by atoms with Crippen molar-refractivity contribution in [1.82, 2.24) is 15.5 Å². The molecule has 0 fully saturated rings. The van der Waals surface area contributed by atoms with E-state index in [4.69, 9.17) is 0 Å². The van der Waals surface area contributed by atoms with Gasteiger partial charge in [-0.2, -0.15) is 0 Å². The first-order valence-electron chi connectivity index (χ1n) is 9.55. The van der Waals surface area contributed by atoms with Gasteiger partial charge >= 0.3 is 0 Å². The second-order valence-electron chi connectivity index (χ2n) is 7.00. The van der Waals surface area contributed by atoms with Crippen LogP contribution in [0.1, 0.15) is 37.3 Å². The highest BCUT2D eigenvalue weighted by molar-refractivity contribution is 7.18. The minimum atomic E-state index is -0.206. The summed E-state index contributed by atoms with van der Waals surface area (Å²) in [6, 6.07) is 17.7. The average molecular weight is 409 g/mol. The molecule has 1 heterocycles. The van der Waals surface area contributed by atoms with E-state index < -0.39 is 0 Å². The van der Waals surface area contributed by atoms with E-state index in [1.54, 1.807) is 0 Å². The van der Waals surface area contributed by atoms with Gasteiger partial charge in [-0.1, -0.05) is 79.8 Å². The first-order chi connectivity index (χ1) is 14.0. The Labute approximate surface area is 174 Å². The predicted molar refractivity (Wildman–Crippen MR) is 116 cm³/mol. The van der Waals surface area contributed by atoms with Gasteiger partial charge < -0.3 is 10.6 Å². The summed E-state index contributed by atoms with van der Waals surface area (Å²) in [5, 5.41) is 14.9. The van der Waals surface area contributed by atoms with Gasteiger partial charge in [-0.15, -0.1) is 10.2 Å². The Bertz CT molecular complexity index is 952. The van der Waals surface area contributed by atoms with Gasteiger partial charge in [0.1, 0.15) is 5.01 Å². The molecule has 0 aliphatic carbocycles. The van der Waals surface area contributed by atoms with Gasteiger partial charge in [0.2, 0.25) is 16.9 Å². The summed E-state index contributed by atoms with van der Waals surface area (Å²) in [6.07, 6.45) is 0.482. The maximum atomic E-state index is 12.1. The topological polar surface area (TPSA) is 84.0 Å². The fraction of sp³-hybridized carbons (Fsp3) is 0.273. The molecule has 150 valence electrons. The Hall–Kier alpha value is -3.06. The lowest BCUT2D eigenvalue weighted by Gasteiger charge is -2.05. The maximum Gasteiger partial charge on any atom is 0.227 e. The molecule has 0 atom stereocenters. The highest BCUT2D eigenvalue weighted by Crippen LogP contribution is 2.27. The molecular formula is C22H24N4O2S. The standard InChI is InChI=1S/C22H24N4O2S/c1-15(2)17-8-10-18(11-9-17)21-25-26-22(29-21)24-19(27)12-13-23-20(28)14-16-6-4-3-5-7-16/h3-11,15H,12-14H2,1-2H3,(H,23,28)(H,24,26,27). The van der Waals surface area contributed by atoms with Crippen molar-refractivity contribution in [3.8, 4) is 10.6 Å². The van der Waals surface area contributed by atoms with Crippen LogP contribution in [-0.2, 0) is 16.0 Å². The van der Waals surface area contributed by atoms with Crippen LogP contribution in [0.2, 0.25) is 0 Å². The van der Waals surface area contributed by atoms with E-state index in [9.17, 15) is 9.59 Å². The second kappa shape index (κ2) is 9.93. The fourth-order valence-corrected chi connectivity index (χ4v) is 3.51. The molecule has 0 saturated heterocycles. The summed E-state index contributed by atoms with van der Waals surface area (Å²) in [6.45, 7) is 4.58. The summed E-state index contributed by atoms with van der Waals surface area (Å²) < 4.78 is 0. The van der Waals surface area contributed by atoms with E-state index in [1.165, 1.54) is 16.9 Å². The van der Waals surface area contributed by atoms with Crippen LogP contribution >= 0.6 is 11.3 Å². The van der Waals surface area contributed by atoms with Crippen molar-refractivity contribution >= 4 is 28.3 Å². The highest BCUT2D eigenvalue weighted by atomic mass is 32.1. The SMILES string of the molecule is CC(C)c1ccc(-c2nnc(NC(=O)CCNC(=O)Cc3ccccc3)s2)cc1. The summed E-state index contributed by atoms with van der Waals surface area (Å²) >= 11 is 1.33. The molecule has 1 aromatic heterocycles. The monoisotopic (exact) mass is 408 g/mol. The number of benzene rings is 2. The molecule has 0 aliphatic rings. The molecule has 0 unspecified atom stereocenters. The molecule has 0 saturated carbocycles. The lowest BCUT2D eigenvalue weighted by Crippen LogP contribution is -2.28. The van der Waals surface area contributed by atoms with Gasteiger partial charge in [0.05, 0.1) is 6.42 Å². The molecule has 0 spiro atoms. The Morgan fingerprint density at radius 3 is 2.38 bits per heavy atom. The van der Waals surface area contributed by atoms with Crippen LogP contribution < -0.4 is 10.6 Å². The number of hydrogen-bond donors (Lipinski definition) is 2. The zero-order valence-electron chi connectivity index (χ0n) is 16.5. The maximum absolute atomic E-state index is 12.1. The Kier molecular flexibility index (Phi) is 7.08. The molecule has 2 amide bonds. The Morgan fingerprint density at radius 1 is 0.966 bits per heavy atom. The summed E-state index contributed by atoms with van der Waals surface area (Å²) in [7, 11) is 0. The Morgan fingerprint density at radius 2 is 1.69 bits per heavy atom. The molecule has 3 rings (SSSR count). The van der Waals surface area contributed by atoms with Gasteiger partial charge in [0.25, 0.3) is 0 Å². The van der Waals surface area contributed by atoms with Crippen molar-refractivity contribution < 1.29 is 9.59 Å². The zero-order chi connectivity index (χ0) is 20.6. The van der Waals surface area contributed by atoms with E-state index in [0.717, 1.165) is 16.1 Å².